The van der Waals surface area contributed by atoms with Crippen LogP contribution in [0.3, 0.4) is 0 Å². The molecule has 19 heavy (non-hydrogen) atoms. The zero-order valence-electron chi connectivity index (χ0n) is 11.2. The van der Waals surface area contributed by atoms with Crippen LogP contribution in [0.1, 0.15) is 44.2 Å². The Morgan fingerprint density at radius 1 is 1.42 bits per heavy atom. The molecule has 0 aromatic heterocycles. The Balaban J connectivity index is 1.89. The van der Waals surface area contributed by atoms with Crippen LogP contribution in [0.5, 0.6) is 0 Å². The van der Waals surface area contributed by atoms with Crippen LogP contribution in [0, 0.1) is 11.7 Å². The van der Waals surface area contributed by atoms with Crippen LogP contribution in [0.4, 0.5) is 4.39 Å². The van der Waals surface area contributed by atoms with Crippen molar-refractivity contribution in [3.8, 4) is 0 Å². The summed E-state index contributed by atoms with van der Waals surface area (Å²) >= 11 is 3.21. The van der Waals surface area contributed by atoms with Gasteiger partial charge in [0.2, 0.25) is 0 Å². The monoisotopic (exact) mass is 329 g/mol. The second-order valence-corrected chi connectivity index (χ2v) is 6.27. The van der Waals surface area contributed by atoms with Crippen molar-refractivity contribution in [3.05, 3.63) is 34.1 Å². The molecule has 1 fully saturated rings. The van der Waals surface area contributed by atoms with Crippen LogP contribution in [0.25, 0.3) is 0 Å². The van der Waals surface area contributed by atoms with E-state index >= 15 is 0 Å². The number of aliphatic hydroxyl groups excluding tert-OH is 1. The molecule has 3 unspecified atom stereocenters. The van der Waals surface area contributed by atoms with Crippen LogP contribution in [0.15, 0.2) is 22.7 Å². The Morgan fingerprint density at radius 3 is 2.84 bits per heavy atom. The quantitative estimate of drug-likeness (QED) is 0.880. The normalized spacial score (nSPS) is 25.3. The molecule has 2 nitrogen and oxygen atoms in total. The lowest BCUT2D eigenvalue weighted by molar-refractivity contribution is 0.0684. The predicted molar refractivity (Wildman–Crippen MR) is 78.5 cm³/mol. The number of rotatable bonds is 4. The molecule has 3 atom stereocenters. The summed E-state index contributed by atoms with van der Waals surface area (Å²) in [5, 5.41) is 13.4. The third-order valence-corrected chi connectivity index (χ3v) is 4.61. The Morgan fingerprint density at radius 2 is 2.16 bits per heavy atom. The first kappa shape index (κ1) is 14.9. The molecule has 0 amide bonds. The fourth-order valence-corrected chi connectivity index (χ4v) is 3.05. The van der Waals surface area contributed by atoms with E-state index in [-0.39, 0.29) is 18.0 Å². The van der Waals surface area contributed by atoms with Gasteiger partial charge in [-0.15, -0.1) is 0 Å². The van der Waals surface area contributed by atoms with Crippen LogP contribution in [-0.2, 0) is 0 Å². The average molecular weight is 330 g/mol. The highest BCUT2D eigenvalue weighted by Gasteiger charge is 2.23. The van der Waals surface area contributed by atoms with Crippen molar-refractivity contribution >= 4 is 15.9 Å². The van der Waals surface area contributed by atoms with E-state index in [1.165, 1.54) is 12.5 Å². The first-order chi connectivity index (χ1) is 9.08. The number of halogens is 2. The summed E-state index contributed by atoms with van der Waals surface area (Å²) in [7, 11) is 0. The van der Waals surface area contributed by atoms with E-state index in [4.69, 9.17) is 0 Å². The summed E-state index contributed by atoms with van der Waals surface area (Å²) in [6, 6.07) is 5.25. The number of hydrogen-bond donors (Lipinski definition) is 2. The van der Waals surface area contributed by atoms with Crippen molar-refractivity contribution in [2.75, 3.05) is 6.54 Å². The highest BCUT2D eigenvalue weighted by molar-refractivity contribution is 9.10. The van der Waals surface area contributed by atoms with Gasteiger partial charge in [0.25, 0.3) is 0 Å². The van der Waals surface area contributed by atoms with E-state index in [0.717, 1.165) is 31.4 Å². The van der Waals surface area contributed by atoms with Gasteiger partial charge in [0.05, 0.1) is 10.6 Å². The number of hydrogen-bond acceptors (Lipinski definition) is 2. The van der Waals surface area contributed by atoms with Crippen molar-refractivity contribution in [2.24, 2.45) is 5.92 Å². The van der Waals surface area contributed by atoms with Gasteiger partial charge < -0.3 is 10.4 Å². The molecule has 1 aromatic carbocycles. The lowest BCUT2D eigenvalue weighted by Crippen LogP contribution is -2.34. The first-order valence-electron chi connectivity index (χ1n) is 6.94. The molecule has 0 spiro atoms. The first-order valence-corrected chi connectivity index (χ1v) is 7.73. The molecule has 106 valence electrons. The zero-order valence-corrected chi connectivity index (χ0v) is 12.8. The Bertz CT molecular complexity index is 427. The minimum Gasteiger partial charge on any atom is -0.393 e. The molecular weight excluding hydrogens is 309 g/mol. The average Bonchev–Trinajstić information content (AvgIpc) is 2.40. The summed E-state index contributed by atoms with van der Waals surface area (Å²) in [5.41, 5.74) is 1.05. The molecule has 4 heteroatoms. The third kappa shape index (κ3) is 4.01. The summed E-state index contributed by atoms with van der Waals surface area (Å²) in [4.78, 5) is 0. The van der Waals surface area contributed by atoms with Crippen molar-refractivity contribution in [2.45, 2.75) is 44.8 Å². The van der Waals surface area contributed by atoms with E-state index < -0.39 is 0 Å². The Kier molecular flexibility index (Phi) is 5.37. The van der Waals surface area contributed by atoms with Crippen LogP contribution in [-0.4, -0.2) is 17.8 Å². The molecular formula is C15H21BrFNO. The Labute approximate surface area is 122 Å². The van der Waals surface area contributed by atoms with Crippen molar-refractivity contribution < 1.29 is 9.50 Å². The number of benzene rings is 1. The molecule has 0 saturated heterocycles. The molecule has 1 aliphatic rings. The summed E-state index contributed by atoms with van der Waals surface area (Å²) in [6.45, 7) is 2.88. The van der Waals surface area contributed by atoms with Crippen molar-refractivity contribution in [1.29, 1.82) is 0 Å². The maximum atomic E-state index is 13.2. The predicted octanol–water partition coefficient (Wildman–Crippen LogP) is 3.79. The van der Waals surface area contributed by atoms with Gasteiger partial charge in [0, 0.05) is 12.6 Å². The van der Waals surface area contributed by atoms with Crippen LogP contribution < -0.4 is 5.32 Å². The zero-order chi connectivity index (χ0) is 13.8. The van der Waals surface area contributed by atoms with E-state index in [2.05, 4.69) is 28.2 Å². The van der Waals surface area contributed by atoms with Gasteiger partial charge in [0.15, 0.2) is 0 Å². The second kappa shape index (κ2) is 6.82. The van der Waals surface area contributed by atoms with Gasteiger partial charge in [-0.25, -0.2) is 4.39 Å². The lowest BCUT2D eigenvalue weighted by atomic mass is 9.86. The maximum absolute atomic E-state index is 13.2. The van der Waals surface area contributed by atoms with Gasteiger partial charge in [-0.1, -0.05) is 18.9 Å². The van der Waals surface area contributed by atoms with Gasteiger partial charge in [-0.05, 0) is 59.3 Å². The van der Waals surface area contributed by atoms with E-state index in [0.29, 0.717) is 10.4 Å². The second-order valence-electron chi connectivity index (χ2n) is 5.42. The molecule has 0 radical (unpaired) electrons. The van der Waals surface area contributed by atoms with Crippen LogP contribution in [0.2, 0.25) is 0 Å². The van der Waals surface area contributed by atoms with Gasteiger partial charge in [-0.3, -0.25) is 0 Å². The minimum atomic E-state index is -0.237. The molecule has 1 saturated carbocycles. The fraction of sp³-hybridized carbons (Fsp3) is 0.600. The molecule has 0 aliphatic heterocycles. The molecule has 0 heterocycles. The van der Waals surface area contributed by atoms with Crippen molar-refractivity contribution in [3.63, 3.8) is 0 Å². The fourth-order valence-electron chi connectivity index (χ4n) is 2.65. The van der Waals surface area contributed by atoms with E-state index in [1.54, 1.807) is 6.07 Å². The standard InChI is InChI=1S/C15H21BrFNO/c1-10(11-6-7-14(17)13(16)8-11)18-9-12-4-2-3-5-15(12)19/h6-8,10,12,15,18-19H,2-5,9H2,1H3. The third-order valence-electron chi connectivity index (χ3n) is 4.00. The van der Waals surface area contributed by atoms with Gasteiger partial charge in [-0.2, -0.15) is 0 Å². The highest BCUT2D eigenvalue weighted by Crippen LogP contribution is 2.25. The van der Waals surface area contributed by atoms with E-state index in [9.17, 15) is 9.50 Å². The Hall–Kier alpha value is -0.450. The molecule has 2 rings (SSSR count). The SMILES string of the molecule is CC(NCC1CCCCC1O)c1ccc(F)c(Br)c1. The minimum absolute atomic E-state index is 0.158. The van der Waals surface area contributed by atoms with Crippen molar-refractivity contribution in [1.82, 2.24) is 5.32 Å². The summed E-state index contributed by atoms with van der Waals surface area (Å²) < 4.78 is 13.7. The maximum Gasteiger partial charge on any atom is 0.137 e. The largest absolute Gasteiger partial charge is 0.393 e. The van der Waals surface area contributed by atoms with Gasteiger partial charge >= 0.3 is 0 Å². The number of nitrogens with one attached hydrogen (secondary N) is 1. The van der Waals surface area contributed by atoms with Gasteiger partial charge in [0.1, 0.15) is 5.82 Å². The molecule has 1 aromatic rings. The molecule has 2 N–H and O–H groups in total. The lowest BCUT2D eigenvalue weighted by Gasteiger charge is -2.29. The molecule has 0 bridgehead atoms. The summed E-state index contributed by atoms with van der Waals surface area (Å²) in [5.74, 6) is 0.110. The highest BCUT2D eigenvalue weighted by atomic mass is 79.9. The number of aliphatic hydroxyl groups is 1. The smallest absolute Gasteiger partial charge is 0.137 e. The molecule has 1 aliphatic carbocycles. The summed E-state index contributed by atoms with van der Waals surface area (Å²) in [6.07, 6.45) is 4.18. The topological polar surface area (TPSA) is 32.3 Å². The van der Waals surface area contributed by atoms with Crippen LogP contribution >= 0.6 is 15.9 Å². The van der Waals surface area contributed by atoms with E-state index in [1.807, 2.05) is 6.07 Å².